The van der Waals surface area contributed by atoms with E-state index in [0.717, 1.165) is 39.8 Å². The molecule has 0 spiro atoms. The minimum atomic E-state index is -0.0250. The molecule has 0 unspecified atom stereocenters. The average molecular weight is 435 g/mol. The molecule has 10 heteroatoms. The Morgan fingerprint density at radius 3 is 2.84 bits per heavy atom. The summed E-state index contributed by atoms with van der Waals surface area (Å²) in [5.74, 6) is 1.30. The number of aromatic amines is 1. The Morgan fingerprint density at radius 2 is 2.10 bits per heavy atom. The van der Waals surface area contributed by atoms with Crippen LogP contribution in [0.1, 0.15) is 18.5 Å². The van der Waals surface area contributed by atoms with Crippen LogP contribution in [-0.2, 0) is 4.79 Å². The molecule has 0 bridgehead atoms. The van der Waals surface area contributed by atoms with Crippen LogP contribution in [-0.4, -0.2) is 43.1 Å². The van der Waals surface area contributed by atoms with Gasteiger partial charge in [0.1, 0.15) is 10.7 Å². The molecule has 3 aromatic heterocycles. The first-order valence-electron chi connectivity index (χ1n) is 10.1. The lowest BCUT2D eigenvalue weighted by Gasteiger charge is -2.09. The topological polar surface area (TPSA) is 112 Å². The molecule has 0 radical (unpaired) electrons. The number of aryl methyl sites for hydroxylation is 1. The van der Waals surface area contributed by atoms with Crippen molar-refractivity contribution >= 4 is 40.8 Å². The zero-order chi connectivity index (χ0) is 21.2. The third-order valence-electron chi connectivity index (χ3n) is 4.80. The molecule has 1 aromatic carbocycles. The van der Waals surface area contributed by atoms with Crippen LogP contribution in [0.3, 0.4) is 0 Å². The molecule has 9 nitrogen and oxygen atoms in total. The normalized spacial score (nSPS) is 13.5. The summed E-state index contributed by atoms with van der Waals surface area (Å²) in [6.07, 6.45) is 5.92. The molecule has 0 aliphatic heterocycles. The number of hydrogen-bond acceptors (Lipinski definition) is 7. The van der Waals surface area contributed by atoms with Crippen LogP contribution in [0.5, 0.6) is 0 Å². The molecular formula is C21H22N8OS. The maximum absolute atomic E-state index is 12.0. The van der Waals surface area contributed by atoms with E-state index in [-0.39, 0.29) is 5.91 Å². The van der Waals surface area contributed by atoms with Crippen molar-refractivity contribution < 1.29 is 4.79 Å². The van der Waals surface area contributed by atoms with Crippen molar-refractivity contribution in [3.05, 3.63) is 54.5 Å². The summed E-state index contributed by atoms with van der Waals surface area (Å²) >= 11 is 1.53. The fourth-order valence-corrected chi connectivity index (χ4v) is 3.91. The molecule has 1 aliphatic rings. The zero-order valence-corrected chi connectivity index (χ0v) is 17.7. The Hall–Kier alpha value is -3.37. The summed E-state index contributed by atoms with van der Waals surface area (Å²) in [5.41, 5.74) is 2.53. The third-order valence-corrected chi connectivity index (χ3v) is 5.73. The van der Waals surface area contributed by atoms with Crippen molar-refractivity contribution in [3.63, 3.8) is 0 Å². The number of carbonyl (C=O) groups excluding carboxylic acids is 1. The lowest BCUT2D eigenvalue weighted by Crippen LogP contribution is -2.29. The maximum atomic E-state index is 12.0. The Morgan fingerprint density at radius 1 is 1.26 bits per heavy atom. The highest BCUT2D eigenvalue weighted by molar-refractivity contribution is 7.99. The lowest BCUT2D eigenvalue weighted by molar-refractivity contribution is -0.115. The van der Waals surface area contributed by atoms with E-state index >= 15 is 0 Å². The molecule has 1 amide bonds. The zero-order valence-electron chi connectivity index (χ0n) is 16.9. The summed E-state index contributed by atoms with van der Waals surface area (Å²) in [5, 5.41) is 17.3. The molecule has 1 aliphatic carbocycles. The predicted octanol–water partition coefficient (Wildman–Crippen LogP) is 3.35. The van der Waals surface area contributed by atoms with Gasteiger partial charge in [-0.15, -0.1) is 0 Å². The first-order valence-corrected chi connectivity index (χ1v) is 10.9. The van der Waals surface area contributed by atoms with E-state index in [1.165, 1.54) is 11.8 Å². The van der Waals surface area contributed by atoms with Crippen LogP contribution in [0.15, 0.2) is 58.7 Å². The maximum Gasteiger partial charge on any atom is 0.238 e. The number of carbonyl (C=O) groups is 1. The van der Waals surface area contributed by atoms with Gasteiger partial charge in [0.05, 0.1) is 6.54 Å². The number of imidazole rings is 1. The third kappa shape index (κ3) is 4.86. The van der Waals surface area contributed by atoms with Crippen LogP contribution in [0, 0.1) is 6.92 Å². The van der Waals surface area contributed by atoms with Crippen molar-refractivity contribution in [2.24, 2.45) is 0 Å². The molecule has 4 aromatic rings. The molecular weight excluding hydrogens is 412 g/mol. The highest BCUT2D eigenvalue weighted by Gasteiger charge is 2.21. The molecule has 4 N–H and O–H groups in total. The first-order chi connectivity index (χ1) is 15.1. The standard InChI is InChI=1S/C21H22N8OS/c1-13-10-17(28-27-13)25-21-26-20(11-18-22-8-9-29(18)21)31-16-6-4-15(5-7-16)24-19(30)12-23-14-2-3-14/h4-11,14,23H,2-3,12H2,1H3,(H,24,30)(H2,25,26,27,28). The van der Waals surface area contributed by atoms with Crippen molar-refractivity contribution in [2.45, 2.75) is 35.7 Å². The van der Waals surface area contributed by atoms with Gasteiger partial charge in [-0.25, -0.2) is 9.97 Å². The van der Waals surface area contributed by atoms with Gasteiger partial charge in [0.25, 0.3) is 0 Å². The van der Waals surface area contributed by atoms with Gasteiger partial charge in [-0.2, -0.15) is 5.10 Å². The van der Waals surface area contributed by atoms with Crippen LogP contribution in [0.2, 0.25) is 0 Å². The number of aromatic nitrogens is 5. The van der Waals surface area contributed by atoms with Gasteiger partial charge in [0, 0.05) is 46.8 Å². The van der Waals surface area contributed by atoms with E-state index in [1.54, 1.807) is 6.20 Å². The number of rotatable bonds is 8. The number of H-pyrrole nitrogens is 1. The van der Waals surface area contributed by atoms with Crippen LogP contribution >= 0.6 is 11.8 Å². The fourth-order valence-electron chi connectivity index (χ4n) is 3.10. The predicted molar refractivity (Wildman–Crippen MR) is 120 cm³/mol. The number of fused-ring (bicyclic) bond motifs is 1. The van der Waals surface area contributed by atoms with Gasteiger partial charge in [-0.05, 0) is 44.0 Å². The van der Waals surface area contributed by atoms with Crippen molar-refractivity contribution in [1.82, 2.24) is 29.9 Å². The Labute approximate surface area is 183 Å². The summed E-state index contributed by atoms with van der Waals surface area (Å²) in [7, 11) is 0. The fraction of sp³-hybridized carbons (Fsp3) is 0.238. The first kappa shape index (κ1) is 19.6. The van der Waals surface area contributed by atoms with Crippen LogP contribution in [0.4, 0.5) is 17.5 Å². The molecule has 0 saturated heterocycles. The minimum absolute atomic E-state index is 0.0250. The molecule has 3 heterocycles. The molecule has 5 rings (SSSR count). The van der Waals surface area contributed by atoms with Crippen molar-refractivity contribution in [1.29, 1.82) is 0 Å². The monoisotopic (exact) mass is 434 g/mol. The molecule has 31 heavy (non-hydrogen) atoms. The number of anilines is 3. The SMILES string of the molecule is Cc1cc(Nc2nc(Sc3ccc(NC(=O)CNC4CC4)cc3)cc3nccn23)n[nH]1. The van der Waals surface area contributed by atoms with Gasteiger partial charge >= 0.3 is 0 Å². The van der Waals surface area contributed by atoms with Gasteiger partial charge in [-0.1, -0.05) is 11.8 Å². The van der Waals surface area contributed by atoms with Gasteiger partial charge in [-0.3, -0.25) is 14.3 Å². The smallest absolute Gasteiger partial charge is 0.238 e. The highest BCUT2D eigenvalue weighted by atomic mass is 32.2. The van der Waals surface area contributed by atoms with Gasteiger partial charge in [0.15, 0.2) is 5.82 Å². The summed E-state index contributed by atoms with van der Waals surface area (Å²) < 4.78 is 1.88. The number of hydrogen-bond donors (Lipinski definition) is 4. The second kappa shape index (κ2) is 8.40. The van der Waals surface area contributed by atoms with Crippen molar-refractivity contribution in [3.8, 4) is 0 Å². The molecule has 158 valence electrons. The molecule has 1 fully saturated rings. The van der Waals surface area contributed by atoms with E-state index in [2.05, 4.69) is 31.1 Å². The van der Waals surface area contributed by atoms with E-state index in [9.17, 15) is 4.79 Å². The summed E-state index contributed by atoms with van der Waals surface area (Å²) in [6, 6.07) is 12.1. The summed E-state index contributed by atoms with van der Waals surface area (Å²) in [4.78, 5) is 22.1. The quantitative estimate of drug-likeness (QED) is 0.315. The van der Waals surface area contributed by atoms with E-state index in [0.29, 0.717) is 24.4 Å². The number of nitrogens with one attached hydrogen (secondary N) is 4. The minimum Gasteiger partial charge on any atom is -0.325 e. The van der Waals surface area contributed by atoms with Crippen LogP contribution in [0.25, 0.3) is 5.65 Å². The largest absolute Gasteiger partial charge is 0.325 e. The Bertz CT molecular complexity index is 1210. The Balaban J connectivity index is 1.28. The van der Waals surface area contributed by atoms with E-state index in [1.807, 2.05) is 53.9 Å². The van der Waals surface area contributed by atoms with E-state index < -0.39 is 0 Å². The number of amides is 1. The lowest BCUT2D eigenvalue weighted by atomic mass is 10.3. The number of nitrogens with zero attached hydrogens (tertiary/aromatic N) is 4. The van der Waals surface area contributed by atoms with Gasteiger partial charge in [0.2, 0.25) is 11.9 Å². The molecule has 0 atom stereocenters. The average Bonchev–Trinajstić information content (AvgIpc) is 3.31. The van der Waals surface area contributed by atoms with Crippen LogP contribution < -0.4 is 16.0 Å². The summed E-state index contributed by atoms with van der Waals surface area (Å²) in [6.45, 7) is 2.29. The van der Waals surface area contributed by atoms with Crippen molar-refractivity contribution in [2.75, 3.05) is 17.2 Å². The van der Waals surface area contributed by atoms with E-state index in [4.69, 9.17) is 4.98 Å². The molecule has 1 saturated carbocycles. The second-order valence-electron chi connectivity index (χ2n) is 7.46. The number of benzene rings is 1. The second-order valence-corrected chi connectivity index (χ2v) is 8.56. The Kier molecular flexibility index (Phi) is 5.31. The highest BCUT2D eigenvalue weighted by Crippen LogP contribution is 2.29. The van der Waals surface area contributed by atoms with Gasteiger partial charge < -0.3 is 16.0 Å².